The van der Waals surface area contributed by atoms with E-state index in [2.05, 4.69) is 6.92 Å². The fourth-order valence-electron chi connectivity index (χ4n) is 3.42. The summed E-state index contributed by atoms with van der Waals surface area (Å²) in [7, 11) is 0. The van der Waals surface area contributed by atoms with Crippen molar-refractivity contribution in [2.75, 3.05) is 85.9 Å². The number of unbranched alkanes of at least 4 members (excludes halogenated alkanes) is 3. The van der Waals surface area contributed by atoms with E-state index in [1.165, 1.54) is 19.3 Å². The molecule has 2 aromatic rings. The molecule has 8 heteroatoms. The van der Waals surface area contributed by atoms with Gasteiger partial charge in [-0.25, -0.2) is 0 Å². The summed E-state index contributed by atoms with van der Waals surface area (Å²) in [5, 5.41) is 0. The van der Waals surface area contributed by atoms with Crippen LogP contribution in [0.5, 0.6) is 11.5 Å². The molecule has 0 aliphatic rings. The van der Waals surface area contributed by atoms with Crippen LogP contribution >= 0.6 is 0 Å². The Morgan fingerprint density at radius 2 is 0.846 bits per heavy atom. The van der Waals surface area contributed by atoms with Gasteiger partial charge in [0.15, 0.2) is 0 Å². The molecule has 0 aliphatic carbocycles. The Hall–Kier alpha value is -2.20. The first kappa shape index (κ1) is 33.0. The fourth-order valence-corrected chi connectivity index (χ4v) is 3.42. The highest BCUT2D eigenvalue weighted by Gasteiger charge is 1.99. The number of rotatable bonds is 27. The van der Waals surface area contributed by atoms with E-state index in [0.717, 1.165) is 30.1 Å². The van der Waals surface area contributed by atoms with Crippen LogP contribution in [-0.4, -0.2) is 85.9 Å². The largest absolute Gasteiger partial charge is 0.491 e. The molecule has 0 radical (unpaired) electrons. The van der Waals surface area contributed by atoms with Gasteiger partial charge in [0.25, 0.3) is 0 Å². The van der Waals surface area contributed by atoms with E-state index in [1.54, 1.807) is 0 Å². The first-order chi connectivity index (χ1) is 19.4. The van der Waals surface area contributed by atoms with Gasteiger partial charge in [0, 0.05) is 6.61 Å². The molecule has 0 unspecified atom stereocenters. The maximum absolute atomic E-state index is 5.78. The predicted octanol–water partition coefficient (Wildman–Crippen LogP) is 5.32. The monoisotopic (exact) mass is 548 g/mol. The Morgan fingerprint density at radius 1 is 0.410 bits per heavy atom. The van der Waals surface area contributed by atoms with Crippen LogP contribution in [0.3, 0.4) is 0 Å². The third-order valence-corrected chi connectivity index (χ3v) is 5.57. The summed E-state index contributed by atoms with van der Waals surface area (Å²) < 4.78 is 44.5. The summed E-state index contributed by atoms with van der Waals surface area (Å²) in [5.41, 5.74) is 1.14. The van der Waals surface area contributed by atoms with Crippen molar-refractivity contribution in [3.63, 3.8) is 0 Å². The van der Waals surface area contributed by atoms with Gasteiger partial charge in [-0.2, -0.15) is 0 Å². The standard InChI is InChI=1S/C31H48O8/c1-2-3-4-8-15-32-16-17-33-18-19-34-20-21-35-22-23-36-24-25-37-26-27-38-30-11-13-31(14-12-30)39-28-29-9-6-5-7-10-29/h5-7,9-14H,2-4,8,15-28H2,1H3. The SMILES string of the molecule is CCCCCCOCCOCCOCCOCCOCCOCCOc1ccc(OCc2ccccc2)cc1. The zero-order chi connectivity index (χ0) is 27.5. The molecule has 0 atom stereocenters. The Bertz CT molecular complexity index is 772. The van der Waals surface area contributed by atoms with Crippen LogP contribution in [0.15, 0.2) is 54.6 Å². The molecule has 8 nitrogen and oxygen atoms in total. The van der Waals surface area contributed by atoms with Crippen molar-refractivity contribution < 1.29 is 37.9 Å². The molecule has 2 aromatic carbocycles. The van der Waals surface area contributed by atoms with Crippen LogP contribution in [-0.2, 0) is 35.0 Å². The molecule has 220 valence electrons. The molecule has 0 aromatic heterocycles. The number of hydrogen-bond acceptors (Lipinski definition) is 8. The molecule has 0 heterocycles. The lowest BCUT2D eigenvalue weighted by molar-refractivity contribution is -0.0179. The van der Waals surface area contributed by atoms with Crippen molar-refractivity contribution in [3.8, 4) is 11.5 Å². The summed E-state index contributed by atoms with van der Waals surface area (Å²) in [6, 6.07) is 17.7. The summed E-state index contributed by atoms with van der Waals surface area (Å²) in [6.07, 6.45) is 4.91. The average molecular weight is 549 g/mol. The lowest BCUT2D eigenvalue weighted by atomic mass is 10.2. The van der Waals surface area contributed by atoms with Gasteiger partial charge in [0.05, 0.1) is 72.7 Å². The van der Waals surface area contributed by atoms with E-state index >= 15 is 0 Å². The molecule has 0 spiro atoms. The maximum atomic E-state index is 5.78. The van der Waals surface area contributed by atoms with Gasteiger partial charge in [0.2, 0.25) is 0 Å². The third kappa shape index (κ3) is 19.5. The highest BCUT2D eigenvalue weighted by atomic mass is 16.6. The Kier molecular flexibility index (Phi) is 21.0. The van der Waals surface area contributed by atoms with Crippen molar-refractivity contribution in [3.05, 3.63) is 60.2 Å². The highest BCUT2D eigenvalue weighted by Crippen LogP contribution is 2.18. The summed E-state index contributed by atoms with van der Waals surface area (Å²) in [4.78, 5) is 0. The van der Waals surface area contributed by atoms with Gasteiger partial charge < -0.3 is 37.9 Å². The van der Waals surface area contributed by atoms with E-state index in [1.807, 2.05) is 54.6 Å². The van der Waals surface area contributed by atoms with E-state index in [-0.39, 0.29) is 0 Å². The summed E-state index contributed by atoms with van der Waals surface area (Å²) >= 11 is 0. The molecule has 2 rings (SSSR count). The molecule has 0 aliphatic heterocycles. The van der Waals surface area contributed by atoms with Crippen molar-refractivity contribution in [1.29, 1.82) is 0 Å². The van der Waals surface area contributed by atoms with Crippen LogP contribution in [0.2, 0.25) is 0 Å². The molecule has 0 saturated carbocycles. The second-order valence-electron chi connectivity index (χ2n) is 8.83. The van der Waals surface area contributed by atoms with Crippen molar-refractivity contribution in [1.82, 2.24) is 0 Å². The topological polar surface area (TPSA) is 73.8 Å². The normalized spacial score (nSPS) is 11.1. The fraction of sp³-hybridized carbons (Fsp3) is 0.613. The molecular formula is C31H48O8. The minimum absolute atomic E-state index is 0.477. The van der Waals surface area contributed by atoms with Gasteiger partial charge in [-0.05, 0) is 36.2 Å². The van der Waals surface area contributed by atoms with Crippen molar-refractivity contribution in [2.24, 2.45) is 0 Å². The Balaban J connectivity index is 1.26. The average Bonchev–Trinajstić information content (AvgIpc) is 2.97. The van der Waals surface area contributed by atoms with Crippen LogP contribution in [0.25, 0.3) is 0 Å². The Labute approximate surface area is 234 Å². The Morgan fingerprint density at radius 3 is 1.33 bits per heavy atom. The zero-order valence-electron chi connectivity index (χ0n) is 23.7. The lowest BCUT2D eigenvalue weighted by Gasteiger charge is -2.10. The van der Waals surface area contributed by atoms with Gasteiger partial charge >= 0.3 is 0 Å². The van der Waals surface area contributed by atoms with E-state index in [9.17, 15) is 0 Å². The molecule has 0 saturated heterocycles. The molecule has 0 N–H and O–H groups in total. The predicted molar refractivity (Wildman–Crippen MR) is 152 cm³/mol. The van der Waals surface area contributed by atoms with Crippen LogP contribution in [0.1, 0.15) is 38.2 Å². The third-order valence-electron chi connectivity index (χ3n) is 5.57. The smallest absolute Gasteiger partial charge is 0.120 e. The van der Waals surface area contributed by atoms with Crippen LogP contribution < -0.4 is 9.47 Å². The molecular weight excluding hydrogens is 500 g/mol. The summed E-state index contributed by atoms with van der Waals surface area (Å²) in [6.45, 7) is 10.1. The second kappa shape index (κ2) is 24.8. The molecule has 0 bridgehead atoms. The van der Waals surface area contributed by atoms with E-state index in [0.29, 0.717) is 85.9 Å². The van der Waals surface area contributed by atoms with Crippen molar-refractivity contribution in [2.45, 2.75) is 39.2 Å². The lowest BCUT2D eigenvalue weighted by Crippen LogP contribution is -2.14. The maximum Gasteiger partial charge on any atom is 0.120 e. The second-order valence-corrected chi connectivity index (χ2v) is 8.83. The van der Waals surface area contributed by atoms with Crippen molar-refractivity contribution >= 4 is 0 Å². The first-order valence-electron chi connectivity index (χ1n) is 14.2. The number of hydrogen-bond donors (Lipinski definition) is 0. The highest BCUT2D eigenvalue weighted by molar-refractivity contribution is 5.31. The molecule has 0 fully saturated rings. The molecule has 0 amide bonds. The van der Waals surface area contributed by atoms with E-state index in [4.69, 9.17) is 37.9 Å². The number of ether oxygens (including phenoxy) is 8. The van der Waals surface area contributed by atoms with Gasteiger partial charge in [-0.15, -0.1) is 0 Å². The van der Waals surface area contributed by atoms with Crippen LogP contribution in [0, 0.1) is 0 Å². The van der Waals surface area contributed by atoms with Gasteiger partial charge in [-0.3, -0.25) is 0 Å². The van der Waals surface area contributed by atoms with E-state index < -0.39 is 0 Å². The molecule has 39 heavy (non-hydrogen) atoms. The first-order valence-corrected chi connectivity index (χ1v) is 14.2. The number of benzene rings is 2. The van der Waals surface area contributed by atoms with Gasteiger partial charge in [-0.1, -0.05) is 56.5 Å². The minimum atomic E-state index is 0.477. The summed E-state index contributed by atoms with van der Waals surface area (Å²) in [5.74, 6) is 1.60. The van der Waals surface area contributed by atoms with Crippen LogP contribution in [0.4, 0.5) is 0 Å². The van der Waals surface area contributed by atoms with Gasteiger partial charge in [0.1, 0.15) is 24.7 Å². The zero-order valence-corrected chi connectivity index (χ0v) is 23.7. The quantitative estimate of drug-likeness (QED) is 0.139. The minimum Gasteiger partial charge on any atom is -0.491 e.